The number of hydrogen-bond donors (Lipinski definition) is 3. The minimum atomic E-state index is -0.690. The Labute approximate surface area is 86.4 Å². The Morgan fingerprint density at radius 1 is 1.60 bits per heavy atom. The van der Waals surface area contributed by atoms with Crippen LogP contribution in [0.4, 0.5) is 4.39 Å². The molecular formula is C10H12FNO3. The molecule has 4 nitrogen and oxygen atoms in total. The average molecular weight is 213 g/mol. The summed E-state index contributed by atoms with van der Waals surface area (Å²) < 4.78 is 12.8. The summed E-state index contributed by atoms with van der Waals surface area (Å²) in [4.78, 5) is 11.4. The highest BCUT2D eigenvalue weighted by molar-refractivity contribution is 5.96. The molecule has 82 valence electrons. The van der Waals surface area contributed by atoms with E-state index in [0.29, 0.717) is 0 Å². The van der Waals surface area contributed by atoms with Crippen molar-refractivity contribution < 1.29 is 19.4 Å². The van der Waals surface area contributed by atoms with Gasteiger partial charge in [-0.15, -0.1) is 0 Å². The Morgan fingerprint density at radius 2 is 2.27 bits per heavy atom. The highest BCUT2D eigenvalue weighted by atomic mass is 19.1. The van der Waals surface area contributed by atoms with E-state index in [0.717, 1.165) is 18.2 Å². The number of carbonyl (C=O) groups excluding carboxylic acids is 1. The molecule has 15 heavy (non-hydrogen) atoms. The maximum Gasteiger partial charge on any atom is 0.255 e. The Kier molecular flexibility index (Phi) is 3.62. The predicted molar refractivity (Wildman–Crippen MR) is 52.1 cm³/mol. The first-order valence-corrected chi connectivity index (χ1v) is 4.45. The van der Waals surface area contributed by atoms with E-state index in [1.165, 1.54) is 6.92 Å². The number of halogens is 1. The van der Waals surface area contributed by atoms with Crippen LogP contribution in [0.15, 0.2) is 18.2 Å². The van der Waals surface area contributed by atoms with Gasteiger partial charge in [0.25, 0.3) is 5.91 Å². The van der Waals surface area contributed by atoms with Crippen molar-refractivity contribution in [2.75, 3.05) is 6.54 Å². The number of hydrogen-bond acceptors (Lipinski definition) is 3. The third kappa shape index (κ3) is 3.21. The van der Waals surface area contributed by atoms with Crippen molar-refractivity contribution >= 4 is 5.91 Å². The molecule has 1 unspecified atom stereocenters. The van der Waals surface area contributed by atoms with Crippen LogP contribution >= 0.6 is 0 Å². The first-order valence-electron chi connectivity index (χ1n) is 4.45. The highest BCUT2D eigenvalue weighted by Crippen LogP contribution is 2.17. The number of aromatic hydroxyl groups is 1. The summed E-state index contributed by atoms with van der Waals surface area (Å²) in [5, 5.41) is 20.6. The molecule has 0 spiro atoms. The molecule has 0 aliphatic carbocycles. The summed E-state index contributed by atoms with van der Waals surface area (Å²) >= 11 is 0. The Bertz CT molecular complexity index is 366. The zero-order valence-corrected chi connectivity index (χ0v) is 8.20. The topological polar surface area (TPSA) is 69.6 Å². The van der Waals surface area contributed by atoms with Crippen LogP contribution in [0.2, 0.25) is 0 Å². The molecule has 0 saturated heterocycles. The second kappa shape index (κ2) is 4.75. The van der Waals surface area contributed by atoms with Gasteiger partial charge in [0, 0.05) is 6.54 Å². The summed E-state index contributed by atoms with van der Waals surface area (Å²) in [7, 11) is 0. The third-order valence-corrected chi connectivity index (χ3v) is 1.76. The fourth-order valence-electron chi connectivity index (χ4n) is 1.03. The maximum atomic E-state index is 12.8. The SMILES string of the molecule is CC(O)CNC(=O)c1cc(F)ccc1O. The van der Waals surface area contributed by atoms with Gasteiger partial charge < -0.3 is 15.5 Å². The van der Waals surface area contributed by atoms with Gasteiger partial charge in [-0.05, 0) is 25.1 Å². The Morgan fingerprint density at radius 3 is 2.87 bits per heavy atom. The van der Waals surface area contributed by atoms with Crippen LogP contribution in [0.25, 0.3) is 0 Å². The molecule has 1 aromatic carbocycles. The lowest BCUT2D eigenvalue weighted by Gasteiger charge is -2.08. The Balaban J connectivity index is 2.77. The molecule has 0 aliphatic heterocycles. The van der Waals surface area contributed by atoms with E-state index < -0.39 is 17.8 Å². The second-order valence-corrected chi connectivity index (χ2v) is 3.22. The van der Waals surface area contributed by atoms with Gasteiger partial charge >= 0.3 is 0 Å². The zero-order valence-electron chi connectivity index (χ0n) is 8.20. The number of phenols is 1. The fraction of sp³-hybridized carbons (Fsp3) is 0.300. The largest absolute Gasteiger partial charge is 0.507 e. The van der Waals surface area contributed by atoms with Crippen molar-refractivity contribution in [3.05, 3.63) is 29.6 Å². The first-order chi connectivity index (χ1) is 7.00. The molecule has 0 radical (unpaired) electrons. The Hall–Kier alpha value is -1.62. The smallest absolute Gasteiger partial charge is 0.255 e. The van der Waals surface area contributed by atoms with E-state index in [9.17, 15) is 14.3 Å². The summed E-state index contributed by atoms with van der Waals surface area (Å²) in [6, 6.07) is 3.10. The zero-order chi connectivity index (χ0) is 11.4. The van der Waals surface area contributed by atoms with Crippen molar-refractivity contribution in [2.24, 2.45) is 0 Å². The molecule has 0 aromatic heterocycles. The van der Waals surface area contributed by atoms with Crippen LogP contribution in [0.3, 0.4) is 0 Å². The summed E-state index contributed by atoms with van der Waals surface area (Å²) in [6.07, 6.45) is -0.690. The van der Waals surface area contributed by atoms with Crippen molar-refractivity contribution in [2.45, 2.75) is 13.0 Å². The number of phenolic OH excluding ortho intramolecular Hbond substituents is 1. The van der Waals surface area contributed by atoms with Crippen LogP contribution < -0.4 is 5.32 Å². The number of rotatable bonds is 3. The fourth-order valence-corrected chi connectivity index (χ4v) is 1.03. The van der Waals surface area contributed by atoms with E-state index >= 15 is 0 Å². The second-order valence-electron chi connectivity index (χ2n) is 3.22. The normalized spacial score (nSPS) is 12.2. The van der Waals surface area contributed by atoms with Gasteiger partial charge in [0.1, 0.15) is 11.6 Å². The van der Waals surface area contributed by atoms with Crippen LogP contribution in [0, 0.1) is 5.82 Å². The van der Waals surface area contributed by atoms with Crippen molar-refractivity contribution in [1.82, 2.24) is 5.32 Å². The van der Waals surface area contributed by atoms with Crippen molar-refractivity contribution in [3.63, 3.8) is 0 Å². The molecular weight excluding hydrogens is 201 g/mol. The molecule has 1 aromatic rings. The summed E-state index contributed by atoms with van der Waals surface area (Å²) in [5.74, 6) is -1.51. The number of aliphatic hydroxyl groups is 1. The molecule has 1 amide bonds. The monoisotopic (exact) mass is 213 g/mol. The minimum Gasteiger partial charge on any atom is -0.507 e. The lowest BCUT2D eigenvalue weighted by molar-refractivity contribution is 0.0921. The van der Waals surface area contributed by atoms with Crippen molar-refractivity contribution in [1.29, 1.82) is 0 Å². The van der Waals surface area contributed by atoms with E-state index in [-0.39, 0.29) is 17.9 Å². The molecule has 0 fully saturated rings. The number of aliphatic hydroxyl groups excluding tert-OH is 1. The standard InChI is InChI=1S/C10H12FNO3/c1-6(13)5-12-10(15)8-4-7(11)2-3-9(8)14/h2-4,6,13-14H,5H2,1H3,(H,12,15). The molecule has 1 rings (SSSR count). The molecule has 5 heteroatoms. The van der Waals surface area contributed by atoms with Gasteiger partial charge in [-0.1, -0.05) is 0 Å². The lowest BCUT2D eigenvalue weighted by atomic mass is 10.2. The van der Waals surface area contributed by atoms with Crippen LogP contribution in [0.1, 0.15) is 17.3 Å². The molecule has 1 atom stereocenters. The van der Waals surface area contributed by atoms with Crippen LogP contribution in [0.5, 0.6) is 5.75 Å². The molecule has 3 N–H and O–H groups in total. The van der Waals surface area contributed by atoms with Crippen LogP contribution in [-0.4, -0.2) is 28.8 Å². The van der Waals surface area contributed by atoms with E-state index in [4.69, 9.17) is 5.11 Å². The third-order valence-electron chi connectivity index (χ3n) is 1.76. The molecule has 0 aliphatic rings. The highest BCUT2D eigenvalue weighted by Gasteiger charge is 2.12. The summed E-state index contributed by atoms with van der Waals surface area (Å²) in [6.45, 7) is 1.56. The first kappa shape index (κ1) is 11.5. The van der Waals surface area contributed by atoms with E-state index in [2.05, 4.69) is 5.32 Å². The van der Waals surface area contributed by atoms with Crippen molar-refractivity contribution in [3.8, 4) is 5.75 Å². The molecule has 0 saturated carbocycles. The van der Waals surface area contributed by atoms with Crippen LogP contribution in [-0.2, 0) is 0 Å². The predicted octanol–water partition coefficient (Wildman–Crippen LogP) is 0.642. The van der Waals surface area contributed by atoms with Gasteiger partial charge in [0.2, 0.25) is 0 Å². The maximum absolute atomic E-state index is 12.8. The van der Waals surface area contributed by atoms with Gasteiger partial charge in [0.15, 0.2) is 0 Å². The van der Waals surface area contributed by atoms with Gasteiger partial charge in [-0.25, -0.2) is 4.39 Å². The average Bonchev–Trinajstić information content (AvgIpc) is 2.18. The van der Waals surface area contributed by atoms with E-state index in [1.807, 2.05) is 0 Å². The van der Waals surface area contributed by atoms with Gasteiger partial charge in [0.05, 0.1) is 11.7 Å². The minimum absolute atomic E-state index is 0.0504. The number of amides is 1. The van der Waals surface area contributed by atoms with Gasteiger partial charge in [-0.2, -0.15) is 0 Å². The summed E-state index contributed by atoms with van der Waals surface area (Å²) in [5.41, 5.74) is -0.143. The number of nitrogens with one attached hydrogen (secondary N) is 1. The molecule has 0 heterocycles. The lowest BCUT2D eigenvalue weighted by Crippen LogP contribution is -2.30. The number of carbonyl (C=O) groups is 1. The van der Waals surface area contributed by atoms with Gasteiger partial charge in [-0.3, -0.25) is 4.79 Å². The van der Waals surface area contributed by atoms with E-state index in [1.54, 1.807) is 0 Å². The molecule has 0 bridgehead atoms. The number of benzene rings is 1. The quantitative estimate of drug-likeness (QED) is 0.690.